The topological polar surface area (TPSA) is 70.6 Å². The summed E-state index contributed by atoms with van der Waals surface area (Å²) >= 11 is 0. The standard InChI is InChI=1S/C17H28N2O3/c1-12(2)8-15(11-20)19-17(21)18-13(3)9-14-6-5-7-16(10-14)22-4/h5-7,10,12-13,15,20H,8-9,11H2,1-4H3,(H2,18,19,21). The Morgan fingerprint density at radius 1 is 1.27 bits per heavy atom. The molecule has 2 atom stereocenters. The lowest BCUT2D eigenvalue weighted by Gasteiger charge is -2.21. The Hall–Kier alpha value is -1.75. The third-order valence-electron chi connectivity index (χ3n) is 3.37. The lowest BCUT2D eigenvalue weighted by Crippen LogP contribution is -2.47. The van der Waals surface area contributed by atoms with Gasteiger partial charge < -0.3 is 20.5 Å². The molecule has 5 nitrogen and oxygen atoms in total. The molecule has 0 radical (unpaired) electrons. The number of urea groups is 1. The minimum absolute atomic E-state index is 0.00880. The second-order valence-electron chi connectivity index (χ2n) is 6.08. The van der Waals surface area contributed by atoms with Crippen LogP contribution in [-0.2, 0) is 6.42 Å². The Kier molecular flexibility index (Phi) is 7.74. The average Bonchev–Trinajstić information content (AvgIpc) is 2.45. The number of carbonyl (C=O) groups excluding carboxylic acids is 1. The maximum Gasteiger partial charge on any atom is 0.315 e. The zero-order valence-corrected chi connectivity index (χ0v) is 13.9. The molecule has 1 rings (SSSR count). The molecule has 1 aromatic carbocycles. The molecule has 0 aliphatic carbocycles. The van der Waals surface area contributed by atoms with E-state index < -0.39 is 0 Å². The van der Waals surface area contributed by atoms with Crippen LogP contribution < -0.4 is 15.4 Å². The van der Waals surface area contributed by atoms with Crippen LogP contribution in [0.1, 0.15) is 32.8 Å². The average molecular weight is 308 g/mol. The fourth-order valence-electron chi connectivity index (χ4n) is 2.40. The normalized spacial score (nSPS) is 13.5. The van der Waals surface area contributed by atoms with Gasteiger partial charge in [-0.3, -0.25) is 0 Å². The highest BCUT2D eigenvalue weighted by atomic mass is 16.5. The van der Waals surface area contributed by atoms with E-state index in [2.05, 4.69) is 24.5 Å². The fourth-order valence-corrected chi connectivity index (χ4v) is 2.40. The third-order valence-corrected chi connectivity index (χ3v) is 3.37. The number of methoxy groups -OCH3 is 1. The number of ether oxygens (including phenoxy) is 1. The van der Waals surface area contributed by atoms with Crippen molar-refractivity contribution in [3.8, 4) is 5.75 Å². The maximum atomic E-state index is 12.0. The number of rotatable bonds is 8. The quantitative estimate of drug-likeness (QED) is 0.690. The molecule has 2 amide bonds. The summed E-state index contributed by atoms with van der Waals surface area (Å²) < 4.78 is 5.19. The van der Waals surface area contributed by atoms with Gasteiger partial charge in [0.1, 0.15) is 5.75 Å². The monoisotopic (exact) mass is 308 g/mol. The summed E-state index contributed by atoms with van der Waals surface area (Å²) in [6, 6.07) is 7.35. The Balaban J connectivity index is 2.46. The van der Waals surface area contributed by atoms with Gasteiger partial charge in [0.15, 0.2) is 0 Å². The van der Waals surface area contributed by atoms with E-state index in [4.69, 9.17) is 4.74 Å². The number of benzene rings is 1. The van der Waals surface area contributed by atoms with Crippen molar-refractivity contribution in [3.05, 3.63) is 29.8 Å². The molecule has 0 spiro atoms. The Bertz CT molecular complexity index is 463. The van der Waals surface area contributed by atoms with E-state index >= 15 is 0 Å². The van der Waals surface area contributed by atoms with Gasteiger partial charge in [-0.1, -0.05) is 26.0 Å². The van der Waals surface area contributed by atoms with Crippen LogP contribution in [0.4, 0.5) is 4.79 Å². The van der Waals surface area contributed by atoms with Gasteiger partial charge in [0.25, 0.3) is 0 Å². The van der Waals surface area contributed by atoms with Crippen molar-refractivity contribution in [3.63, 3.8) is 0 Å². The summed E-state index contributed by atoms with van der Waals surface area (Å²) in [5, 5.41) is 15.0. The number of hydrogen-bond acceptors (Lipinski definition) is 3. The largest absolute Gasteiger partial charge is 0.497 e. The van der Waals surface area contributed by atoms with Gasteiger partial charge in [0.05, 0.1) is 19.8 Å². The molecular weight excluding hydrogens is 280 g/mol. The second kappa shape index (κ2) is 9.30. The van der Waals surface area contributed by atoms with E-state index in [-0.39, 0.29) is 24.7 Å². The molecule has 0 aliphatic rings. The molecule has 2 unspecified atom stereocenters. The van der Waals surface area contributed by atoms with Crippen LogP contribution in [0.25, 0.3) is 0 Å². The first kappa shape index (κ1) is 18.3. The smallest absolute Gasteiger partial charge is 0.315 e. The molecule has 0 saturated carbocycles. The maximum absolute atomic E-state index is 12.0. The van der Waals surface area contributed by atoms with Crippen LogP contribution in [0.2, 0.25) is 0 Å². The van der Waals surface area contributed by atoms with Gasteiger partial charge in [0, 0.05) is 6.04 Å². The van der Waals surface area contributed by atoms with Crippen molar-refractivity contribution in [2.24, 2.45) is 5.92 Å². The van der Waals surface area contributed by atoms with Gasteiger partial charge in [-0.25, -0.2) is 4.79 Å². The summed E-state index contributed by atoms with van der Waals surface area (Å²) in [6.07, 6.45) is 1.48. The molecule has 3 N–H and O–H groups in total. The minimum Gasteiger partial charge on any atom is -0.497 e. The molecule has 124 valence electrons. The first-order valence-electron chi connectivity index (χ1n) is 7.75. The molecule has 1 aromatic rings. The van der Waals surface area contributed by atoms with Crippen molar-refractivity contribution < 1.29 is 14.6 Å². The van der Waals surface area contributed by atoms with Crippen molar-refractivity contribution >= 4 is 6.03 Å². The third kappa shape index (κ3) is 6.80. The van der Waals surface area contributed by atoms with Gasteiger partial charge in [0.2, 0.25) is 0 Å². The van der Waals surface area contributed by atoms with Crippen molar-refractivity contribution in [1.29, 1.82) is 0 Å². The lowest BCUT2D eigenvalue weighted by molar-refractivity contribution is 0.205. The van der Waals surface area contributed by atoms with Gasteiger partial charge in [-0.2, -0.15) is 0 Å². The summed E-state index contributed by atoms with van der Waals surface area (Å²) in [7, 11) is 1.64. The molecule has 0 heterocycles. The van der Waals surface area contributed by atoms with Crippen molar-refractivity contribution in [1.82, 2.24) is 10.6 Å². The van der Waals surface area contributed by atoms with Crippen LogP contribution in [0.3, 0.4) is 0 Å². The Morgan fingerprint density at radius 2 is 2.00 bits per heavy atom. The summed E-state index contributed by atoms with van der Waals surface area (Å²) in [4.78, 5) is 12.0. The van der Waals surface area contributed by atoms with E-state index in [1.54, 1.807) is 7.11 Å². The van der Waals surface area contributed by atoms with Gasteiger partial charge >= 0.3 is 6.03 Å². The molecule has 0 aromatic heterocycles. The fraction of sp³-hybridized carbons (Fsp3) is 0.588. The minimum atomic E-state index is -0.241. The van der Waals surface area contributed by atoms with Gasteiger partial charge in [-0.15, -0.1) is 0 Å². The number of amides is 2. The SMILES string of the molecule is COc1cccc(CC(C)NC(=O)NC(CO)CC(C)C)c1. The van der Waals surface area contributed by atoms with Crippen molar-refractivity contribution in [2.75, 3.05) is 13.7 Å². The molecular formula is C17H28N2O3. The number of aliphatic hydroxyl groups is 1. The Labute approximate surface area is 133 Å². The summed E-state index contributed by atoms with van der Waals surface area (Å²) in [6.45, 7) is 6.03. The zero-order chi connectivity index (χ0) is 16.5. The van der Waals surface area contributed by atoms with Crippen LogP contribution in [0, 0.1) is 5.92 Å². The first-order valence-corrected chi connectivity index (χ1v) is 7.75. The first-order chi connectivity index (χ1) is 10.4. The lowest BCUT2D eigenvalue weighted by atomic mass is 10.0. The summed E-state index contributed by atoms with van der Waals surface area (Å²) in [5.41, 5.74) is 1.10. The highest BCUT2D eigenvalue weighted by Gasteiger charge is 2.14. The molecule has 0 saturated heterocycles. The van der Waals surface area contributed by atoms with Crippen LogP contribution in [-0.4, -0.2) is 36.9 Å². The van der Waals surface area contributed by atoms with Crippen LogP contribution >= 0.6 is 0 Å². The molecule has 0 bridgehead atoms. The molecule has 0 fully saturated rings. The van der Waals surface area contributed by atoms with E-state index in [0.717, 1.165) is 24.2 Å². The molecule has 0 aliphatic heterocycles. The van der Waals surface area contributed by atoms with Gasteiger partial charge in [-0.05, 0) is 43.4 Å². The van der Waals surface area contributed by atoms with E-state index in [0.29, 0.717) is 5.92 Å². The number of aliphatic hydroxyl groups excluding tert-OH is 1. The number of nitrogens with one attached hydrogen (secondary N) is 2. The highest BCUT2D eigenvalue weighted by Crippen LogP contribution is 2.14. The molecule has 5 heteroatoms. The van der Waals surface area contributed by atoms with Crippen molar-refractivity contribution in [2.45, 2.75) is 45.7 Å². The van der Waals surface area contributed by atoms with E-state index in [9.17, 15) is 9.90 Å². The highest BCUT2D eigenvalue weighted by molar-refractivity contribution is 5.74. The summed E-state index contributed by atoms with van der Waals surface area (Å²) in [5.74, 6) is 1.23. The van der Waals surface area contributed by atoms with E-state index in [1.807, 2.05) is 31.2 Å². The molecule has 22 heavy (non-hydrogen) atoms. The zero-order valence-electron chi connectivity index (χ0n) is 13.9. The number of carbonyl (C=O) groups is 1. The van der Waals surface area contributed by atoms with Crippen LogP contribution in [0.5, 0.6) is 5.75 Å². The predicted octanol–water partition coefficient (Wildman–Crippen LogP) is 2.33. The Morgan fingerprint density at radius 3 is 2.59 bits per heavy atom. The van der Waals surface area contributed by atoms with E-state index in [1.165, 1.54) is 0 Å². The predicted molar refractivity (Wildman–Crippen MR) is 88.2 cm³/mol. The van der Waals surface area contributed by atoms with Crippen LogP contribution in [0.15, 0.2) is 24.3 Å². The second-order valence-corrected chi connectivity index (χ2v) is 6.08. The number of hydrogen-bond donors (Lipinski definition) is 3.